The highest BCUT2D eigenvalue weighted by Crippen LogP contribution is 2.04. The molecule has 0 fully saturated rings. The lowest BCUT2D eigenvalue weighted by atomic mass is 10.4. The molecule has 0 bridgehead atoms. The van der Waals surface area contributed by atoms with E-state index in [0.29, 0.717) is 0 Å². The summed E-state index contributed by atoms with van der Waals surface area (Å²) in [6, 6.07) is -0.651. The van der Waals surface area contributed by atoms with Crippen molar-refractivity contribution >= 4 is 31.6 Å². The third-order valence-electron chi connectivity index (χ3n) is 0.704. The van der Waals surface area contributed by atoms with E-state index in [4.69, 9.17) is 5.11 Å². The Morgan fingerprint density at radius 1 is 1.75 bits per heavy atom. The molecule has 0 aliphatic carbocycles. The number of rotatable bonds is 2. The number of thiol groups is 2. The van der Waals surface area contributed by atoms with Crippen molar-refractivity contribution in [1.82, 2.24) is 3.71 Å². The predicted molar refractivity (Wildman–Crippen MR) is 36.9 cm³/mol. The van der Waals surface area contributed by atoms with Crippen molar-refractivity contribution in [3.05, 3.63) is 0 Å². The molecule has 0 aromatic carbocycles. The zero-order valence-corrected chi connectivity index (χ0v) is 6.06. The molecule has 48 valence electrons. The molecule has 0 spiro atoms. The first-order valence-corrected chi connectivity index (χ1v) is 2.75. The lowest BCUT2D eigenvalue weighted by Gasteiger charge is -2.10. The van der Waals surface area contributed by atoms with Crippen molar-refractivity contribution in [2.45, 2.75) is 13.0 Å². The van der Waals surface area contributed by atoms with Gasteiger partial charge in [-0.1, -0.05) is 25.6 Å². The van der Waals surface area contributed by atoms with Crippen LogP contribution in [0.5, 0.6) is 0 Å². The Morgan fingerprint density at radius 2 is 2.12 bits per heavy atom. The second-order valence-corrected chi connectivity index (χ2v) is 2.51. The van der Waals surface area contributed by atoms with Gasteiger partial charge >= 0.3 is 5.97 Å². The summed E-state index contributed by atoms with van der Waals surface area (Å²) in [4.78, 5) is 10.0. The van der Waals surface area contributed by atoms with E-state index in [1.165, 1.54) is 6.92 Å². The van der Waals surface area contributed by atoms with Crippen LogP contribution in [-0.4, -0.2) is 20.8 Å². The Hall–Kier alpha value is 0.130. The number of carbonyl (C=O) groups is 1. The van der Waals surface area contributed by atoms with Crippen molar-refractivity contribution in [3.8, 4) is 0 Å². The van der Waals surface area contributed by atoms with Crippen molar-refractivity contribution in [1.29, 1.82) is 0 Å². The van der Waals surface area contributed by atoms with Crippen LogP contribution in [0.4, 0.5) is 0 Å². The number of nitrogens with zero attached hydrogens (tertiary/aromatic N) is 1. The van der Waals surface area contributed by atoms with Gasteiger partial charge in [-0.05, 0) is 6.92 Å². The SMILES string of the molecule is CC(C(=O)O)N(S)S. The molecule has 0 aromatic rings. The van der Waals surface area contributed by atoms with E-state index in [-0.39, 0.29) is 0 Å². The van der Waals surface area contributed by atoms with Crippen LogP contribution in [0.3, 0.4) is 0 Å². The summed E-state index contributed by atoms with van der Waals surface area (Å²) in [5.74, 6) is -0.935. The maximum absolute atomic E-state index is 10.0. The number of hydrogen-bond acceptors (Lipinski definition) is 4. The van der Waals surface area contributed by atoms with E-state index in [2.05, 4.69) is 25.6 Å². The fourth-order valence-electron chi connectivity index (χ4n) is 0.0988. The molecule has 0 heterocycles. The van der Waals surface area contributed by atoms with Gasteiger partial charge in [0, 0.05) is 0 Å². The number of carboxylic acid groups (broad SMARTS) is 1. The van der Waals surface area contributed by atoms with Crippen LogP contribution in [0.25, 0.3) is 0 Å². The molecule has 5 heteroatoms. The Bertz CT molecular complexity index is 95.3. The average molecular weight is 153 g/mol. The quantitative estimate of drug-likeness (QED) is 0.504. The first-order chi connectivity index (χ1) is 3.55. The molecule has 1 atom stereocenters. The number of carboxylic acids is 1. The second-order valence-electron chi connectivity index (χ2n) is 1.33. The Morgan fingerprint density at radius 3 is 2.12 bits per heavy atom. The van der Waals surface area contributed by atoms with Gasteiger partial charge in [-0.3, -0.25) is 4.79 Å². The summed E-state index contributed by atoms with van der Waals surface area (Å²) in [6.07, 6.45) is 0. The maximum Gasteiger partial charge on any atom is 0.322 e. The molecule has 0 aliphatic heterocycles. The fraction of sp³-hybridized carbons (Fsp3) is 0.667. The van der Waals surface area contributed by atoms with Gasteiger partial charge in [0.25, 0.3) is 0 Å². The van der Waals surface area contributed by atoms with Gasteiger partial charge in [0.2, 0.25) is 0 Å². The second kappa shape index (κ2) is 3.21. The fourth-order valence-corrected chi connectivity index (χ4v) is 0.296. The average Bonchev–Trinajstić information content (AvgIpc) is 1.64. The molecule has 1 unspecified atom stereocenters. The van der Waals surface area contributed by atoms with E-state index < -0.39 is 12.0 Å². The van der Waals surface area contributed by atoms with Crippen LogP contribution in [0.15, 0.2) is 0 Å². The highest BCUT2D eigenvalue weighted by Gasteiger charge is 2.13. The Balaban J connectivity index is 3.64. The van der Waals surface area contributed by atoms with Crippen LogP contribution >= 0.6 is 25.6 Å². The van der Waals surface area contributed by atoms with Gasteiger partial charge in [0.1, 0.15) is 6.04 Å². The smallest absolute Gasteiger partial charge is 0.322 e. The van der Waals surface area contributed by atoms with Gasteiger partial charge in [0.05, 0.1) is 0 Å². The van der Waals surface area contributed by atoms with Crippen molar-refractivity contribution < 1.29 is 9.90 Å². The molecule has 1 N–H and O–H groups in total. The van der Waals surface area contributed by atoms with Crippen LogP contribution < -0.4 is 0 Å². The van der Waals surface area contributed by atoms with E-state index in [0.717, 1.165) is 3.71 Å². The summed E-state index contributed by atoms with van der Waals surface area (Å²) in [6.45, 7) is 1.49. The molecule has 0 aliphatic rings. The summed E-state index contributed by atoms with van der Waals surface area (Å²) in [5, 5.41) is 8.21. The van der Waals surface area contributed by atoms with Gasteiger partial charge in [-0.15, -0.1) is 0 Å². The number of hydrogen-bond donors (Lipinski definition) is 3. The Kier molecular flexibility index (Phi) is 3.27. The lowest BCUT2D eigenvalue weighted by molar-refractivity contribution is -0.139. The van der Waals surface area contributed by atoms with Crippen LogP contribution in [0, 0.1) is 0 Å². The molecule has 0 rings (SSSR count). The minimum absolute atomic E-state index is 0.651. The van der Waals surface area contributed by atoms with Crippen LogP contribution in [0.2, 0.25) is 0 Å². The first-order valence-electron chi connectivity index (χ1n) is 1.95. The van der Waals surface area contributed by atoms with Crippen LogP contribution in [-0.2, 0) is 4.79 Å². The molecule has 0 aromatic heterocycles. The van der Waals surface area contributed by atoms with E-state index in [9.17, 15) is 4.79 Å². The third kappa shape index (κ3) is 2.44. The molecule has 0 saturated carbocycles. The van der Waals surface area contributed by atoms with Crippen molar-refractivity contribution in [3.63, 3.8) is 0 Å². The third-order valence-corrected chi connectivity index (χ3v) is 1.40. The summed E-state index contributed by atoms with van der Waals surface area (Å²) < 4.78 is 1.03. The largest absolute Gasteiger partial charge is 0.480 e. The summed E-state index contributed by atoms with van der Waals surface area (Å²) in [7, 11) is 0. The van der Waals surface area contributed by atoms with Gasteiger partial charge < -0.3 is 5.11 Å². The molecule has 3 nitrogen and oxygen atoms in total. The highest BCUT2D eigenvalue weighted by molar-refractivity contribution is 7.93. The minimum atomic E-state index is -0.935. The molecular weight excluding hydrogens is 146 g/mol. The monoisotopic (exact) mass is 153 g/mol. The zero-order valence-electron chi connectivity index (χ0n) is 4.27. The highest BCUT2D eigenvalue weighted by atomic mass is 32.2. The van der Waals surface area contributed by atoms with E-state index >= 15 is 0 Å². The topological polar surface area (TPSA) is 40.5 Å². The van der Waals surface area contributed by atoms with Crippen LogP contribution in [0.1, 0.15) is 6.92 Å². The van der Waals surface area contributed by atoms with Gasteiger partial charge in [-0.25, -0.2) is 0 Å². The molecule has 8 heavy (non-hydrogen) atoms. The predicted octanol–water partition coefficient (Wildman–Crippen LogP) is 0.451. The number of aliphatic carboxylic acids is 1. The first kappa shape index (κ1) is 8.13. The van der Waals surface area contributed by atoms with Gasteiger partial charge in [-0.2, -0.15) is 3.71 Å². The summed E-state index contributed by atoms with van der Waals surface area (Å²) >= 11 is 7.30. The molecule has 0 saturated heterocycles. The standard InChI is InChI=1S/C3H7NO2S2/c1-2(3(5)6)4(7)8/h2,7-8H,1H3,(H,5,6). The van der Waals surface area contributed by atoms with Crippen molar-refractivity contribution in [2.24, 2.45) is 0 Å². The minimum Gasteiger partial charge on any atom is -0.480 e. The molecule has 0 amide bonds. The summed E-state index contributed by atoms with van der Waals surface area (Å²) in [5.41, 5.74) is 0. The zero-order chi connectivity index (χ0) is 6.73. The maximum atomic E-state index is 10.0. The normalized spacial score (nSPS) is 14.0. The molecular formula is C3H7NO2S2. The van der Waals surface area contributed by atoms with Crippen molar-refractivity contribution in [2.75, 3.05) is 0 Å². The van der Waals surface area contributed by atoms with E-state index in [1.807, 2.05) is 0 Å². The lowest BCUT2D eigenvalue weighted by Crippen LogP contribution is -2.25. The van der Waals surface area contributed by atoms with E-state index in [1.54, 1.807) is 0 Å². The van der Waals surface area contributed by atoms with Gasteiger partial charge in [0.15, 0.2) is 0 Å². The Labute approximate surface area is 58.8 Å². The molecule has 0 radical (unpaired) electrons.